The molecular formula is C15H20BrNO4. The Morgan fingerprint density at radius 1 is 1.19 bits per heavy atom. The van der Waals surface area contributed by atoms with Crippen LogP contribution in [0.4, 0.5) is 0 Å². The molecule has 0 heterocycles. The lowest BCUT2D eigenvalue weighted by molar-refractivity contribution is 0.0215. The highest BCUT2D eigenvalue weighted by atomic mass is 79.9. The lowest BCUT2D eigenvalue weighted by Gasteiger charge is -2.16. The Labute approximate surface area is 133 Å². The molecule has 1 aromatic carbocycles. The van der Waals surface area contributed by atoms with Crippen LogP contribution in [0.25, 0.3) is 0 Å². The van der Waals surface area contributed by atoms with Crippen molar-refractivity contribution in [3.05, 3.63) is 22.7 Å². The summed E-state index contributed by atoms with van der Waals surface area (Å²) in [5.74, 6) is 1.09. The van der Waals surface area contributed by atoms with Crippen molar-refractivity contribution in [3.8, 4) is 17.6 Å². The van der Waals surface area contributed by atoms with E-state index < -0.39 is 5.60 Å². The van der Waals surface area contributed by atoms with Crippen molar-refractivity contribution in [2.75, 3.05) is 26.4 Å². The molecule has 0 saturated carbocycles. The molecule has 0 aliphatic carbocycles. The summed E-state index contributed by atoms with van der Waals surface area (Å²) < 4.78 is 17.1. The number of ether oxygens (including phenoxy) is 3. The Hall–Kier alpha value is -1.29. The lowest BCUT2D eigenvalue weighted by Crippen LogP contribution is -2.21. The van der Waals surface area contributed by atoms with E-state index in [1.807, 2.05) is 12.1 Å². The number of hydrogen-bond donors (Lipinski definition) is 1. The van der Waals surface area contributed by atoms with Crippen LogP contribution < -0.4 is 9.47 Å². The van der Waals surface area contributed by atoms with Crippen LogP contribution in [0.1, 0.15) is 20.3 Å². The van der Waals surface area contributed by atoms with Crippen molar-refractivity contribution in [2.45, 2.75) is 25.9 Å². The summed E-state index contributed by atoms with van der Waals surface area (Å²) >= 11 is 3.34. The summed E-state index contributed by atoms with van der Waals surface area (Å²) in [6.45, 7) is 4.72. The number of rotatable bonds is 9. The van der Waals surface area contributed by atoms with Crippen LogP contribution in [-0.4, -0.2) is 37.1 Å². The fourth-order valence-electron chi connectivity index (χ4n) is 1.46. The number of aliphatic hydroxyl groups is 1. The molecule has 0 aliphatic rings. The minimum absolute atomic E-state index is 0.0328. The van der Waals surface area contributed by atoms with Gasteiger partial charge in [-0.05, 0) is 38.5 Å². The molecule has 1 N–H and O–H groups in total. The van der Waals surface area contributed by atoms with E-state index in [-0.39, 0.29) is 6.61 Å². The zero-order valence-corrected chi connectivity index (χ0v) is 13.9. The Bertz CT molecular complexity index is 480. The van der Waals surface area contributed by atoms with Crippen molar-refractivity contribution >= 4 is 15.9 Å². The third-order valence-electron chi connectivity index (χ3n) is 2.54. The zero-order chi connectivity index (χ0) is 15.7. The minimum atomic E-state index is -0.717. The fraction of sp³-hybridized carbons (Fsp3) is 0.533. The maximum Gasteiger partial charge on any atom is 0.174 e. The third kappa shape index (κ3) is 7.90. The Balaban J connectivity index is 2.36. The molecule has 1 aromatic rings. The van der Waals surface area contributed by atoms with E-state index in [9.17, 15) is 5.11 Å². The first kappa shape index (κ1) is 17.8. The van der Waals surface area contributed by atoms with Gasteiger partial charge in [-0.1, -0.05) is 15.9 Å². The third-order valence-corrected chi connectivity index (χ3v) is 3.03. The van der Waals surface area contributed by atoms with E-state index in [0.29, 0.717) is 37.7 Å². The summed E-state index contributed by atoms with van der Waals surface area (Å²) in [7, 11) is 0. The normalized spacial score (nSPS) is 11.0. The van der Waals surface area contributed by atoms with Gasteiger partial charge in [-0.3, -0.25) is 0 Å². The van der Waals surface area contributed by atoms with Crippen LogP contribution in [0.3, 0.4) is 0 Å². The van der Waals surface area contributed by atoms with Gasteiger partial charge in [0.25, 0.3) is 0 Å². The summed E-state index contributed by atoms with van der Waals surface area (Å²) in [6, 6.07) is 7.28. The van der Waals surface area contributed by atoms with Gasteiger partial charge < -0.3 is 19.3 Å². The zero-order valence-electron chi connectivity index (χ0n) is 12.3. The summed E-state index contributed by atoms with van der Waals surface area (Å²) in [5, 5.41) is 18.1. The van der Waals surface area contributed by atoms with Crippen LogP contribution in [0, 0.1) is 11.3 Å². The molecule has 0 aromatic heterocycles. The first-order valence-corrected chi connectivity index (χ1v) is 7.44. The van der Waals surface area contributed by atoms with E-state index in [4.69, 9.17) is 19.5 Å². The van der Waals surface area contributed by atoms with Crippen LogP contribution in [0.5, 0.6) is 11.5 Å². The minimum Gasteiger partial charge on any atom is -0.487 e. The van der Waals surface area contributed by atoms with Gasteiger partial charge in [0.1, 0.15) is 12.7 Å². The Morgan fingerprint density at radius 2 is 1.95 bits per heavy atom. The van der Waals surface area contributed by atoms with Crippen molar-refractivity contribution in [1.82, 2.24) is 0 Å². The average molecular weight is 358 g/mol. The Kier molecular flexibility index (Phi) is 7.51. The molecule has 0 fully saturated rings. The maximum absolute atomic E-state index is 9.54. The topological polar surface area (TPSA) is 71.7 Å². The molecule has 116 valence electrons. The molecule has 0 spiro atoms. The highest BCUT2D eigenvalue weighted by Gasteiger charge is 2.11. The van der Waals surface area contributed by atoms with Crippen molar-refractivity contribution < 1.29 is 19.3 Å². The van der Waals surface area contributed by atoms with E-state index in [0.717, 1.165) is 4.47 Å². The molecule has 0 unspecified atom stereocenters. The van der Waals surface area contributed by atoms with Crippen molar-refractivity contribution in [1.29, 1.82) is 5.26 Å². The molecule has 1 rings (SSSR count). The van der Waals surface area contributed by atoms with Crippen LogP contribution in [0.2, 0.25) is 0 Å². The predicted octanol–water partition coefficient (Wildman–Crippen LogP) is 2.91. The molecule has 0 aliphatic heterocycles. The second-order valence-corrected chi connectivity index (χ2v) is 5.98. The van der Waals surface area contributed by atoms with Crippen LogP contribution in [0.15, 0.2) is 22.7 Å². The molecule has 0 atom stereocenters. The highest BCUT2D eigenvalue weighted by molar-refractivity contribution is 9.10. The highest BCUT2D eigenvalue weighted by Crippen LogP contribution is 2.30. The van der Waals surface area contributed by atoms with E-state index in [2.05, 4.69) is 15.9 Å². The maximum atomic E-state index is 9.54. The van der Waals surface area contributed by atoms with Gasteiger partial charge in [0.2, 0.25) is 0 Å². The predicted molar refractivity (Wildman–Crippen MR) is 82.5 cm³/mol. The fourth-order valence-corrected chi connectivity index (χ4v) is 1.80. The SMILES string of the molecule is CC(C)(O)CCOCCOc1ccc(Br)cc1OCC#N. The second-order valence-electron chi connectivity index (χ2n) is 5.06. The van der Waals surface area contributed by atoms with Crippen molar-refractivity contribution in [3.63, 3.8) is 0 Å². The molecule has 0 saturated heterocycles. The van der Waals surface area contributed by atoms with Crippen LogP contribution in [-0.2, 0) is 4.74 Å². The van der Waals surface area contributed by atoms with Crippen molar-refractivity contribution in [2.24, 2.45) is 0 Å². The molecule has 21 heavy (non-hydrogen) atoms. The number of nitrogens with zero attached hydrogens (tertiary/aromatic N) is 1. The molecule has 0 radical (unpaired) electrons. The lowest BCUT2D eigenvalue weighted by atomic mass is 10.1. The van der Waals surface area contributed by atoms with Gasteiger partial charge in [0.15, 0.2) is 18.1 Å². The van der Waals surface area contributed by atoms with E-state index in [1.54, 1.807) is 26.0 Å². The van der Waals surface area contributed by atoms with Crippen LogP contribution >= 0.6 is 15.9 Å². The van der Waals surface area contributed by atoms with Gasteiger partial charge in [-0.2, -0.15) is 5.26 Å². The average Bonchev–Trinajstić information content (AvgIpc) is 2.40. The summed E-state index contributed by atoms with van der Waals surface area (Å²) in [6.07, 6.45) is 0.571. The Morgan fingerprint density at radius 3 is 2.62 bits per heavy atom. The molecular weight excluding hydrogens is 338 g/mol. The van der Waals surface area contributed by atoms with Gasteiger partial charge in [0.05, 0.1) is 12.2 Å². The van der Waals surface area contributed by atoms with Gasteiger partial charge in [-0.25, -0.2) is 0 Å². The second kappa shape index (κ2) is 8.88. The molecule has 0 amide bonds. The number of halogens is 1. The van der Waals surface area contributed by atoms with E-state index in [1.165, 1.54) is 0 Å². The summed E-state index contributed by atoms with van der Waals surface area (Å²) in [4.78, 5) is 0. The smallest absolute Gasteiger partial charge is 0.174 e. The molecule has 6 heteroatoms. The number of hydrogen-bond acceptors (Lipinski definition) is 5. The quantitative estimate of drug-likeness (QED) is 0.688. The molecule has 0 bridgehead atoms. The van der Waals surface area contributed by atoms with E-state index >= 15 is 0 Å². The van der Waals surface area contributed by atoms with Gasteiger partial charge >= 0.3 is 0 Å². The first-order valence-electron chi connectivity index (χ1n) is 6.64. The standard InChI is InChI=1S/C15H20BrNO4/c1-15(2,18)5-7-19-9-10-21-13-4-3-12(16)11-14(13)20-8-6-17/h3-4,11,18H,5,7-10H2,1-2H3. The monoisotopic (exact) mass is 357 g/mol. The number of benzene rings is 1. The largest absolute Gasteiger partial charge is 0.487 e. The number of nitriles is 1. The van der Waals surface area contributed by atoms with Gasteiger partial charge in [0, 0.05) is 11.1 Å². The van der Waals surface area contributed by atoms with Gasteiger partial charge in [-0.15, -0.1) is 0 Å². The molecule has 5 nitrogen and oxygen atoms in total. The summed E-state index contributed by atoms with van der Waals surface area (Å²) in [5.41, 5.74) is -0.717. The first-order chi connectivity index (χ1) is 9.92.